The van der Waals surface area contributed by atoms with Crippen LogP contribution in [-0.2, 0) is 17.4 Å². The van der Waals surface area contributed by atoms with Crippen LogP contribution in [0.5, 0.6) is 0 Å². The maximum atomic E-state index is 11.5. The van der Waals surface area contributed by atoms with E-state index in [9.17, 15) is 4.79 Å². The Kier molecular flexibility index (Phi) is 4.13. The zero-order valence-corrected chi connectivity index (χ0v) is 16.5. The number of aldehydes is 1. The van der Waals surface area contributed by atoms with Crippen LogP contribution in [0.2, 0.25) is 0 Å². The molecule has 5 rings (SSSR count). The second-order valence-electron chi connectivity index (χ2n) is 7.34. The van der Waals surface area contributed by atoms with Crippen LogP contribution < -0.4 is 15.5 Å². The quantitative estimate of drug-likeness (QED) is 0.651. The third-order valence-electron chi connectivity index (χ3n) is 5.69. The van der Waals surface area contributed by atoms with Crippen molar-refractivity contribution in [2.75, 3.05) is 41.8 Å². The standard InChI is InChI=1S/C20H23N7O2/c1-3-20(24-13-6-4-5-7-14(13)25-20)19-22-17-16(21-15(12-28)26(17)2)18(23-19)27-8-10-29-11-9-27/h4-7,12,24-25H,3,8-11H2,1-2H3. The molecule has 2 aliphatic heterocycles. The van der Waals surface area contributed by atoms with Crippen molar-refractivity contribution in [3.63, 3.8) is 0 Å². The van der Waals surface area contributed by atoms with E-state index in [1.165, 1.54) is 0 Å². The molecule has 0 aliphatic carbocycles. The lowest BCUT2D eigenvalue weighted by Gasteiger charge is -2.31. The number of nitrogens with zero attached hydrogens (tertiary/aromatic N) is 5. The lowest BCUT2D eigenvalue weighted by Crippen LogP contribution is -2.41. The maximum absolute atomic E-state index is 11.5. The highest BCUT2D eigenvalue weighted by atomic mass is 16.5. The molecule has 0 atom stereocenters. The highest BCUT2D eigenvalue weighted by Crippen LogP contribution is 2.41. The van der Waals surface area contributed by atoms with Crippen molar-refractivity contribution >= 4 is 34.6 Å². The molecule has 2 N–H and O–H groups in total. The third-order valence-corrected chi connectivity index (χ3v) is 5.69. The number of hydrogen-bond acceptors (Lipinski definition) is 8. The molecule has 0 saturated carbocycles. The number of nitrogens with one attached hydrogen (secondary N) is 2. The molecule has 0 spiro atoms. The zero-order valence-electron chi connectivity index (χ0n) is 16.5. The molecular weight excluding hydrogens is 370 g/mol. The van der Waals surface area contributed by atoms with E-state index in [1.54, 1.807) is 4.57 Å². The number of hydrogen-bond donors (Lipinski definition) is 2. The summed E-state index contributed by atoms with van der Waals surface area (Å²) in [6, 6.07) is 8.07. The summed E-state index contributed by atoms with van der Waals surface area (Å²) in [6.45, 7) is 4.80. The van der Waals surface area contributed by atoms with E-state index >= 15 is 0 Å². The number of para-hydroxylation sites is 2. The molecule has 1 aromatic carbocycles. The first-order valence-electron chi connectivity index (χ1n) is 9.83. The number of ether oxygens (including phenoxy) is 1. The molecule has 0 amide bonds. The van der Waals surface area contributed by atoms with Crippen LogP contribution in [-0.4, -0.2) is 52.1 Å². The molecule has 0 radical (unpaired) electrons. The molecule has 1 fully saturated rings. The Labute approximate surface area is 168 Å². The maximum Gasteiger partial charge on any atom is 0.185 e. The third kappa shape index (κ3) is 2.72. The molecule has 4 heterocycles. The summed E-state index contributed by atoms with van der Waals surface area (Å²) in [5.74, 6) is 1.71. The van der Waals surface area contributed by atoms with Gasteiger partial charge in [0.05, 0.1) is 24.6 Å². The minimum atomic E-state index is -0.634. The van der Waals surface area contributed by atoms with Crippen molar-refractivity contribution in [1.82, 2.24) is 19.5 Å². The number of rotatable bonds is 4. The van der Waals surface area contributed by atoms with E-state index in [0.29, 0.717) is 36.0 Å². The summed E-state index contributed by atoms with van der Waals surface area (Å²) in [5.41, 5.74) is 2.69. The van der Waals surface area contributed by atoms with Gasteiger partial charge < -0.3 is 24.8 Å². The molecule has 9 nitrogen and oxygen atoms in total. The van der Waals surface area contributed by atoms with Gasteiger partial charge in [0.15, 0.2) is 40.6 Å². The van der Waals surface area contributed by atoms with Crippen molar-refractivity contribution in [1.29, 1.82) is 0 Å². The largest absolute Gasteiger partial charge is 0.378 e. The zero-order chi connectivity index (χ0) is 20.0. The number of carbonyl (C=O) groups excluding carboxylic acids is 1. The molecule has 1 saturated heterocycles. The number of benzene rings is 1. The molecule has 150 valence electrons. The first-order chi connectivity index (χ1) is 14.1. The smallest absolute Gasteiger partial charge is 0.185 e. The fraction of sp³-hybridized carbons (Fsp3) is 0.400. The van der Waals surface area contributed by atoms with Gasteiger partial charge in [-0.3, -0.25) is 4.79 Å². The van der Waals surface area contributed by atoms with Crippen LogP contribution in [0, 0.1) is 0 Å². The summed E-state index contributed by atoms with van der Waals surface area (Å²) >= 11 is 0. The second kappa shape index (κ2) is 6.70. The highest BCUT2D eigenvalue weighted by Gasteiger charge is 2.40. The van der Waals surface area contributed by atoms with Gasteiger partial charge in [0, 0.05) is 20.1 Å². The Balaban J connectivity index is 1.70. The molecule has 0 unspecified atom stereocenters. The highest BCUT2D eigenvalue weighted by molar-refractivity contribution is 5.88. The second-order valence-corrected chi connectivity index (χ2v) is 7.34. The number of fused-ring (bicyclic) bond motifs is 2. The number of aromatic nitrogens is 4. The van der Waals surface area contributed by atoms with Gasteiger partial charge in [0.1, 0.15) is 0 Å². The SMILES string of the molecule is CCC1(c2nc(N3CCOCC3)c3nc(C=O)n(C)c3n2)Nc2ccccc2N1. The van der Waals surface area contributed by atoms with Gasteiger partial charge in [-0.2, -0.15) is 0 Å². The molecule has 0 bridgehead atoms. The van der Waals surface area contributed by atoms with Crippen LogP contribution >= 0.6 is 0 Å². The minimum Gasteiger partial charge on any atom is -0.378 e. The Morgan fingerprint density at radius 1 is 1.14 bits per heavy atom. The van der Waals surface area contributed by atoms with Crippen molar-refractivity contribution in [3.8, 4) is 0 Å². The van der Waals surface area contributed by atoms with E-state index in [4.69, 9.17) is 14.7 Å². The van der Waals surface area contributed by atoms with Gasteiger partial charge in [-0.15, -0.1) is 0 Å². The van der Waals surface area contributed by atoms with Gasteiger partial charge in [-0.25, -0.2) is 15.0 Å². The van der Waals surface area contributed by atoms with Gasteiger partial charge in [-0.05, 0) is 18.6 Å². The number of imidazole rings is 1. The van der Waals surface area contributed by atoms with Gasteiger partial charge in [0.25, 0.3) is 0 Å². The molecule has 9 heteroatoms. The number of anilines is 3. The first kappa shape index (κ1) is 17.9. The van der Waals surface area contributed by atoms with Crippen LogP contribution in [0.15, 0.2) is 24.3 Å². The van der Waals surface area contributed by atoms with Gasteiger partial charge in [-0.1, -0.05) is 19.1 Å². The summed E-state index contributed by atoms with van der Waals surface area (Å²) < 4.78 is 7.23. The molecule has 2 aliphatic rings. The topological polar surface area (TPSA) is 97.2 Å². The molecular formula is C20H23N7O2. The lowest BCUT2D eigenvalue weighted by molar-refractivity contribution is 0.111. The monoisotopic (exact) mass is 393 g/mol. The number of aryl methyl sites for hydroxylation is 1. The van der Waals surface area contributed by atoms with Crippen LogP contribution in [0.25, 0.3) is 11.2 Å². The number of carbonyl (C=O) groups is 1. The average molecular weight is 393 g/mol. The van der Waals surface area contributed by atoms with E-state index in [2.05, 4.69) is 27.4 Å². The summed E-state index contributed by atoms with van der Waals surface area (Å²) in [4.78, 5) is 28.0. The Bertz CT molecular complexity index is 1060. The minimum absolute atomic E-state index is 0.335. The fourth-order valence-corrected chi connectivity index (χ4v) is 3.99. The van der Waals surface area contributed by atoms with Crippen LogP contribution in [0.4, 0.5) is 17.2 Å². The Morgan fingerprint density at radius 3 is 2.45 bits per heavy atom. The van der Waals surface area contributed by atoms with Crippen molar-refractivity contribution < 1.29 is 9.53 Å². The normalized spacial score (nSPS) is 17.7. The number of morpholine rings is 1. The van der Waals surface area contributed by atoms with Gasteiger partial charge >= 0.3 is 0 Å². The summed E-state index contributed by atoms with van der Waals surface area (Å²) in [6.07, 6.45) is 1.48. The molecule has 29 heavy (non-hydrogen) atoms. The molecule has 2 aromatic heterocycles. The van der Waals surface area contributed by atoms with Gasteiger partial charge in [0.2, 0.25) is 0 Å². The lowest BCUT2D eigenvalue weighted by atomic mass is 10.1. The van der Waals surface area contributed by atoms with Crippen molar-refractivity contribution in [2.24, 2.45) is 7.05 Å². The summed E-state index contributed by atoms with van der Waals surface area (Å²) in [7, 11) is 1.81. The predicted molar refractivity (Wildman–Crippen MR) is 110 cm³/mol. The van der Waals surface area contributed by atoms with Crippen molar-refractivity contribution in [3.05, 3.63) is 35.9 Å². The van der Waals surface area contributed by atoms with Crippen molar-refractivity contribution in [2.45, 2.75) is 19.0 Å². The van der Waals surface area contributed by atoms with E-state index in [0.717, 1.165) is 43.0 Å². The molecule has 3 aromatic rings. The summed E-state index contributed by atoms with van der Waals surface area (Å²) in [5, 5.41) is 7.14. The Hall–Kier alpha value is -3.20. The average Bonchev–Trinajstić information content (AvgIpc) is 3.32. The van der Waals surface area contributed by atoms with E-state index < -0.39 is 5.66 Å². The van der Waals surface area contributed by atoms with E-state index in [1.807, 2.05) is 31.3 Å². The Morgan fingerprint density at radius 2 is 1.83 bits per heavy atom. The van der Waals surface area contributed by atoms with Crippen LogP contribution in [0.3, 0.4) is 0 Å². The first-order valence-corrected chi connectivity index (χ1v) is 9.83. The predicted octanol–water partition coefficient (Wildman–Crippen LogP) is 2.11. The fourth-order valence-electron chi connectivity index (χ4n) is 3.99. The van der Waals surface area contributed by atoms with Crippen LogP contribution in [0.1, 0.15) is 29.8 Å². The van der Waals surface area contributed by atoms with E-state index in [-0.39, 0.29) is 0 Å².